The lowest BCUT2D eigenvalue weighted by molar-refractivity contribution is 0.352. The van der Waals surface area contributed by atoms with Crippen LogP contribution in [0.25, 0.3) is 0 Å². The van der Waals surface area contributed by atoms with Crippen LogP contribution in [0, 0.1) is 29.6 Å². The summed E-state index contributed by atoms with van der Waals surface area (Å²) in [6.45, 7) is 19.5. The van der Waals surface area contributed by atoms with Crippen LogP contribution < -0.4 is 0 Å². The van der Waals surface area contributed by atoms with E-state index >= 15 is 0 Å². The molecule has 6 atom stereocenters. The van der Waals surface area contributed by atoms with Gasteiger partial charge in [0.05, 0.1) is 8.07 Å². The molecule has 2 aliphatic carbocycles. The van der Waals surface area contributed by atoms with Gasteiger partial charge in [-0.2, -0.15) is 0 Å². The molecule has 1 heteroatoms. The second-order valence-electron chi connectivity index (χ2n) is 8.68. The molecule has 0 aromatic carbocycles. The Kier molecular flexibility index (Phi) is 4.89. The topological polar surface area (TPSA) is 0 Å². The predicted octanol–water partition coefficient (Wildman–Crippen LogP) is 6.37. The van der Waals surface area contributed by atoms with Crippen molar-refractivity contribution in [3.63, 3.8) is 0 Å². The van der Waals surface area contributed by atoms with Crippen LogP contribution in [0.5, 0.6) is 0 Å². The number of hydrogen-bond acceptors (Lipinski definition) is 0. The van der Waals surface area contributed by atoms with Gasteiger partial charge in [0.1, 0.15) is 0 Å². The first kappa shape index (κ1) is 16.3. The van der Waals surface area contributed by atoms with Gasteiger partial charge in [-0.3, -0.25) is 0 Å². The number of allylic oxidation sites excluding steroid dienone is 1. The summed E-state index contributed by atoms with van der Waals surface area (Å²) < 4.78 is 0. The highest BCUT2D eigenvalue weighted by atomic mass is 28.3. The van der Waals surface area contributed by atoms with Crippen LogP contribution in [-0.2, 0) is 0 Å². The van der Waals surface area contributed by atoms with Crippen LogP contribution in [0.15, 0.2) is 12.7 Å². The van der Waals surface area contributed by atoms with Crippen LogP contribution >= 0.6 is 0 Å². The minimum Gasteiger partial charge on any atom is -0.103 e. The van der Waals surface area contributed by atoms with Crippen LogP contribution in [0.4, 0.5) is 0 Å². The highest BCUT2D eigenvalue weighted by Crippen LogP contribution is 2.59. The molecule has 0 nitrogen and oxygen atoms in total. The summed E-state index contributed by atoms with van der Waals surface area (Å²) >= 11 is 0. The van der Waals surface area contributed by atoms with Crippen LogP contribution in [-0.4, -0.2) is 8.07 Å². The molecular weight excluding hydrogens is 256 g/mol. The molecule has 0 saturated heterocycles. The Morgan fingerprint density at radius 2 is 1.50 bits per heavy atom. The zero-order valence-electron chi connectivity index (χ0n) is 14.7. The largest absolute Gasteiger partial charge is 0.103 e. The fraction of sp³-hybridized carbons (Fsp3) is 0.895. The maximum Gasteiger partial charge on any atom is 0.0541 e. The molecule has 0 spiro atoms. The van der Waals surface area contributed by atoms with Crippen molar-refractivity contribution in [2.75, 3.05) is 0 Å². The van der Waals surface area contributed by atoms with E-state index in [1.54, 1.807) is 0 Å². The van der Waals surface area contributed by atoms with Crippen molar-refractivity contribution < 1.29 is 0 Å². The smallest absolute Gasteiger partial charge is 0.0541 e. The Bertz CT molecular complexity index is 332. The molecule has 2 rings (SSSR count). The zero-order valence-corrected chi connectivity index (χ0v) is 15.7. The fourth-order valence-corrected chi connectivity index (χ4v) is 11.6. The summed E-state index contributed by atoms with van der Waals surface area (Å²) in [5.74, 6) is 4.69. The third-order valence-corrected chi connectivity index (χ3v) is 13.0. The Morgan fingerprint density at radius 3 is 2.00 bits per heavy atom. The minimum atomic E-state index is -1.15. The highest BCUT2D eigenvalue weighted by molar-refractivity contribution is 6.80. The molecule has 0 amide bonds. The molecule has 2 aliphatic rings. The van der Waals surface area contributed by atoms with E-state index in [1.165, 1.54) is 25.7 Å². The molecule has 0 aromatic heterocycles. The molecule has 20 heavy (non-hydrogen) atoms. The first-order valence-corrected chi connectivity index (χ1v) is 12.1. The second kappa shape index (κ2) is 5.99. The van der Waals surface area contributed by atoms with Gasteiger partial charge in [0, 0.05) is 0 Å². The van der Waals surface area contributed by atoms with E-state index in [0.29, 0.717) is 0 Å². The molecule has 2 fully saturated rings. The summed E-state index contributed by atoms with van der Waals surface area (Å²) in [7, 11) is -1.15. The minimum absolute atomic E-state index is 0.923. The first-order chi connectivity index (χ1) is 9.30. The third-order valence-electron chi connectivity index (χ3n) is 7.57. The summed E-state index contributed by atoms with van der Waals surface area (Å²) in [5.41, 5.74) is 2.11. The van der Waals surface area contributed by atoms with Gasteiger partial charge in [0.25, 0.3) is 0 Å². The summed E-state index contributed by atoms with van der Waals surface area (Å²) in [4.78, 5) is 0. The molecule has 116 valence electrons. The van der Waals surface area contributed by atoms with E-state index < -0.39 is 8.07 Å². The van der Waals surface area contributed by atoms with Gasteiger partial charge < -0.3 is 0 Å². The van der Waals surface area contributed by atoms with Crippen molar-refractivity contribution in [2.45, 2.75) is 77.6 Å². The molecule has 0 bridgehead atoms. The standard InChI is InChI=1S/C19H36Si/c1-8-9-17-10-11-18(12-17)20(6,7)19-15(4)13(2)14(3)16(19)5/h8,13-19H,1,9-12H2,2-7H3. The Hall–Kier alpha value is -0.0431. The molecule has 6 unspecified atom stereocenters. The van der Waals surface area contributed by atoms with Gasteiger partial charge in [-0.25, -0.2) is 0 Å². The molecule has 0 N–H and O–H groups in total. The summed E-state index contributed by atoms with van der Waals surface area (Å²) in [5, 5.41) is 0. The Labute approximate surface area is 128 Å². The van der Waals surface area contributed by atoms with Gasteiger partial charge >= 0.3 is 0 Å². The van der Waals surface area contributed by atoms with E-state index in [-0.39, 0.29) is 0 Å². The fourth-order valence-electron chi connectivity index (χ4n) is 5.92. The summed E-state index contributed by atoms with van der Waals surface area (Å²) in [6, 6.07) is 0. The quantitative estimate of drug-likeness (QED) is 0.417. The molecule has 0 aliphatic heterocycles. The Morgan fingerprint density at radius 1 is 0.950 bits per heavy atom. The number of hydrogen-bond donors (Lipinski definition) is 0. The normalized spacial score (nSPS) is 45.8. The second-order valence-corrected chi connectivity index (χ2v) is 13.8. The third kappa shape index (κ3) is 2.67. The highest BCUT2D eigenvalue weighted by Gasteiger charge is 2.52. The molecule has 0 aromatic rings. The maximum absolute atomic E-state index is 3.94. The molecular formula is C19H36Si. The van der Waals surface area contributed by atoms with E-state index in [1.807, 2.05) is 0 Å². The molecule has 2 saturated carbocycles. The van der Waals surface area contributed by atoms with Crippen molar-refractivity contribution in [3.8, 4) is 0 Å². The molecule has 0 heterocycles. The van der Waals surface area contributed by atoms with Gasteiger partial charge in [-0.1, -0.05) is 59.7 Å². The lowest BCUT2D eigenvalue weighted by Crippen LogP contribution is -2.41. The maximum atomic E-state index is 3.94. The lowest BCUT2D eigenvalue weighted by atomic mass is 9.92. The van der Waals surface area contributed by atoms with E-state index in [4.69, 9.17) is 0 Å². The van der Waals surface area contributed by atoms with Gasteiger partial charge in [0.2, 0.25) is 0 Å². The first-order valence-electron chi connectivity index (χ1n) is 8.91. The van der Waals surface area contributed by atoms with Crippen LogP contribution in [0.1, 0.15) is 53.4 Å². The summed E-state index contributed by atoms with van der Waals surface area (Å²) in [6.07, 6.45) is 7.88. The van der Waals surface area contributed by atoms with Gasteiger partial charge in [0.15, 0.2) is 0 Å². The van der Waals surface area contributed by atoms with E-state index in [9.17, 15) is 0 Å². The number of rotatable bonds is 4. The van der Waals surface area contributed by atoms with Crippen molar-refractivity contribution in [1.29, 1.82) is 0 Å². The predicted molar refractivity (Wildman–Crippen MR) is 93.8 cm³/mol. The Balaban J connectivity index is 2.12. The monoisotopic (exact) mass is 292 g/mol. The van der Waals surface area contributed by atoms with E-state index in [0.717, 1.165) is 40.7 Å². The average molecular weight is 293 g/mol. The van der Waals surface area contributed by atoms with E-state index in [2.05, 4.69) is 53.4 Å². The van der Waals surface area contributed by atoms with Crippen LogP contribution in [0.3, 0.4) is 0 Å². The van der Waals surface area contributed by atoms with Crippen molar-refractivity contribution in [3.05, 3.63) is 12.7 Å². The zero-order chi connectivity index (χ0) is 15.1. The van der Waals surface area contributed by atoms with Gasteiger partial charge in [-0.05, 0) is 53.5 Å². The van der Waals surface area contributed by atoms with Gasteiger partial charge in [-0.15, -0.1) is 6.58 Å². The SMILES string of the molecule is C=CCC1CCC([Si](C)(C)C2C(C)C(C)C(C)C2C)C1. The van der Waals surface area contributed by atoms with Crippen molar-refractivity contribution >= 4 is 8.07 Å². The van der Waals surface area contributed by atoms with Crippen molar-refractivity contribution in [1.82, 2.24) is 0 Å². The van der Waals surface area contributed by atoms with Crippen molar-refractivity contribution in [2.24, 2.45) is 29.6 Å². The lowest BCUT2D eigenvalue weighted by Gasteiger charge is -2.41. The van der Waals surface area contributed by atoms with Crippen LogP contribution in [0.2, 0.25) is 24.2 Å². The molecule has 0 radical (unpaired) electrons. The average Bonchev–Trinajstić information content (AvgIpc) is 2.92.